The number of halogens is 2. The highest BCUT2D eigenvalue weighted by Crippen LogP contribution is 2.23. The first kappa shape index (κ1) is 15.2. The molecule has 0 saturated carbocycles. The van der Waals surface area contributed by atoms with Crippen LogP contribution >= 0.6 is 0 Å². The molecule has 0 radical (unpaired) electrons. The Morgan fingerprint density at radius 3 is 2.85 bits per heavy atom. The average Bonchev–Trinajstić information content (AvgIpc) is 2.89. The SMILES string of the molecule is COC1(CNCc2ccccc2OC(F)F)CCOC1. The third kappa shape index (κ3) is 3.88. The van der Waals surface area contributed by atoms with E-state index in [-0.39, 0.29) is 11.4 Å². The van der Waals surface area contributed by atoms with Gasteiger partial charge in [-0.1, -0.05) is 18.2 Å². The van der Waals surface area contributed by atoms with Crippen molar-refractivity contribution in [3.05, 3.63) is 29.8 Å². The summed E-state index contributed by atoms with van der Waals surface area (Å²) in [4.78, 5) is 0. The second-order valence-corrected chi connectivity index (χ2v) is 4.78. The molecule has 2 rings (SSSR count). The van der Waals surface area contributed by atoms with Gasteiger partial charge in [0.25, 0.3) is 0 Å². The Hall–Kier alpha value is -1.24. The molecule has 0 spiro atoms. The van der Waals surface area contributed by atoms with E-state index in [4.69, 9.17) is 9.47 Å². The molecule has 0 amide bonds. The Bertz CT molecular complexity index is 423. The van der Waals surface area contributed by atoms with Crippen LogP contribution in [0.25, 0.3) is 0 Å². The Balaban J connectivity index is 1.90. The first-order valence-corrected chi connectivity index (χ1v) is 6.51. The van der Waals surface area contributed by atoms with Crippen molar-refractivity contribution >= 4 is 0 Å². The van der Waals surface area contributed by atoms with Crippen molar-refractivity contribution in [2.45, 2.75) is 25.2 Å². The van der Waals surface area contributed by atoms with Gasteiger partial charge in [0.15, 0.2) is 0 Å². The molecule has 1 fully saturated rings. The van der Waals surface area contributed by atoms with E-state index in [2.05, 4.69) is 10.1 Å². The number of methoxy groups -OCH3 is 1. The summed E-state index contributed by atoms with van der Waals surface area (Å²) in [5, 5.41) is 3.22. The van der Waals surface area contributed by atoms with Crippen LogP contribution in [0, 0.1) is 0 Å². The van der Waals surface area contributed by atoms with Gasteiger partial charge in [-0.2, -0.15) is 8.78 Å². The van der Waals surface area contributed by atoms with E-state index in [1.54, 1.807) is 25.3 Å². The molecule has 1 saturated heterocycles. The quantitative estimate of drug-likeness (QED) is 0.834. The lowest BCUT2D eigenvalue weighted by Gasteiger charge is -2.26. The van der Waals surface area contributed by atoms with E-state index in [1.807, 2.05) is 0 Å². The van der Waals surface area contributed by atoms with Crippen LogP contribution in [0.4, 0.5) is 8.78 Å². The zero-order valence-electron chi connectivity index (χ0n) is 11.4. The molecule has 1 atom stereocenters. The number of ether oxygens (including phenoxy) is 3. The fourth-order valence-corrected chi connectivity index (χ4v) is 2.25. The van der Waals surface area contributed by atoms with Gasteiger partial charge in [-0.15, -0.1) is 0 Å². The van der Waals surface area contributed by atoms with Crippen molar-refractivity contribution in [2.75, 3.05) is 26.9 Å². The summed E-state index contributed by atoms with van der Waals surface area (Å²) in [6.45, 7) is -0.544. The summed E-state index contributed by atoms with van der Waals surface area (Å²) in [5.74, 6) is 0.198. The van der Waals surface area contributed by atoms with Crippen LogP contribution in [-0.4, -0.2) is 39.1 Å². The Morgan fingerprint density at radius 2 is 2.20 bits per heavy atom. The fraction of sp³-hybridized carbons (Fsp3) is 0.571. The van der Waals surface area contributed by atoms with Crippen molar-refractivity contribution in [2.24, 2.45) is 0 Å². The molecule has 0 aromatic heterocycles. The summed E-state index contributed by atoms with van der Waals surface area (Å²) < 4.78 is 39.9. The molecule has 1 unspecified atom stereocenters. The van der Waals surface area contributed by atoms with Crippen LogP contribution in [0.3, 0.4) is 0 Å². The first-order chi connectivity index (χ1) is 9.65. The van der Waals surface area contributed by atoms with E-state index < -0.39 is 6.61 Å². The molecule has 1 aromatic rings. The lowest BCUT2D eigenvalue weighted by Crippen LogP contribution is -2.42. The van der Waals surface area contributed by atoms with Crippen molar-refractivity contribution in [1.29, 1.82) is 0 Å². The number of hydrogen-bond donors (Lipinski definition) is 1. The first-order valence-electron chi connectivity index (χ1n) is 6.51. The molecule has 4 nitrogen and oxygen atoms in total. The third-order valence-corrected chi connectivity index (χ3v) is 3.45. The van der Waals surface area contributed by atoms with Crippen LogP contribution in [0.15, 0.2) is 24.3 Å². The lowest BCUT2D eigenvalue weighted by molar-refractivity contribution is -0.0506. The Morgan fingerprint density at radius 1 is 1.40 bits per heavy atom. The summed E-state index contributed by atoms with van der Waals surface area (Å²) in [5.41, 5.74) is 0.372. The summed E-state index contributed by atoms with van der Waals surface area (Å²) in [6, 6.07) is 6.76. The highest BCUT2D eigenvalue weighted by molar-refractivity contribution is 5.33. The van der Waals surface area contributed by atoms with Gasteiger partial charge in [-0.25, -0.2) is 0 Å². The van der Waals surface area contributed by atoms with E-state index in [0.717, 1.165) is 6.42 Å². The lowest BCUT2D eigenvalue weighted by atomic mass is 10.0. The fourth-order valence-electron chi connectivity index (χ4n) is 2.25. The normalized spacial score (nSPS) is 22.4. The monoisotopic (exact) mass is 287 g/mol. The zero-order valence-corrected chi connectivity index (χ0v) is 11.4. The third-order valence-electron chi connectivity index (χ3n) is 3.45. The predicted octanol–water partition coefficient (Wildman–Crippen LogP) is 2.18. The molecule has 1 aromatic carbocycles. The second kappa shape index (κ2) is 6.97. The van der Waals surface area contributed by atoms with Crippen molar-refractivity contribution in [3.8, 4) is 5.75 Å². The van der Waals surface area contributed by atoms with Crippen molar-refractivity contribution < 1.29 is 23.0 Å². The maximum atomic E-state index is 12.3. The minimum Gasteiger partial charge on any atom is -0.434 e. The molecule has 112 valence electrons. The van der Waals surface area contributed by atoms with Gasteiger partial charge in [0, 0.05) is 38.8 Å². The Kier molecular flexibility index (Phi) is 5.28. The van der Waals surface area contributed by atoms with Crippen molar-refractivity contribution in [3.63, 3.8) is 0 Å². The number of nitrogens with one attached hydrogen (secondary N) is 1. The van der Waals surface area contributed by atoms with E-state index in [1.165, 1.54) is 6.07 Å². The van der Waals surface area contributed by atoms with Gasteiger partial charge in [0.05, 0.1) is 6.61 Å². The molecule has 1 aliphatic rings. The zero-order chi connectivity index (χ0) is 14.4. The molecule has 1 N–H and O–H groups in total. The maximum Gasteiger partial charge on any atom is 0.387 e. The minimum absolute atomic E-state index is 0.198. The van der Waals surface area contributed by atoms with Crippen LogP contribution in [0.1, 0.15) is 12.0 Å². The number of alkyl halides is 2. The predicted molar refractivity (Wildman–Crippen MR) is 70.0 cm³/mol. The standard InChI is InChI=1S/C14H19F2NO3/c1-18-14(6-7-19-10-14)9-17-8-11-4-2-3-5-12(11)20-13(15)16/h2-5,13,17H,6-10H2,1H3. The van der Waals surface area contributed by atoms with Crippen molar-refractivity contribution in [1.82, 2.24) is 5.32 Å². The molecule has 0 aliphatic carbocycles. The van der Waals surface area contributed by atoms with E-state index >= 15 is 0 Å². The number of rotatable bonds is 7. The summed E-state index contributed by atoms with van der Waals surface area (Å²) in [7, 11) is 1.66. The maximum absolute atomic E-state index is 12.3. The van der Waals surface area contributed by atoms with Gasteiger partial charge >= 0.3 is 6.61 Å². The minimum atomic E-state index is -2.82. The van der Waals surface area contributed by atoms with Crippen LogP contribution in [-0.2, 0) is 16.0 Å². The summed E-state index contributed by atoms with van der Waals surface area (Å²) in [6.07, 6.45) is 0.825. The number of benzene rings is 1. The van der Waals surface area contributed by atoms with E-state index in [0.29, 0.717) is 31.9 Å². The average molecular weight is 287 g/mol. The van der Waals surface area contributed by atoms with Gasteiger partial charge in [0.2, 0.25) is 0 Å². The van der Waals surface area contributed by atoms with Gasteiger partial charge < -0.3 is 19.5 Å². The number of para-hydroxylation sites is 1. The molecule has 6 heteroatoms. The largest absolute Gasteiger partial charge is 0.434 e. The number of hydrogen-bond acceptors (Lipinski definition) is 4. The molecule has 20 heavy (non-hydrogen) atoms. The van der Waals surface area contributed by atoms with E-state index in [9.17, 15) is 8.78 Å². The topological polar surface area (TPSA) is 39.7 Å². The summed E-state index contributed by atoms with van der Waals surface area (Å²) >= 11 is 0. The van der Waals surface area contributed by atoms with Gasteiger partial charge in [-0.05, 0) is 6.07 Å². The molecule has 0 bridgehead atoms. The van der Waals surface area contributed by atoms with Crippen LogP contribution < -0.4 is 10.1 Å². The molecule has 1 heterocycles. The van der Waals surface area contributed by atoms with Crippen LogP contribution in [0.5, 0.6) is 5.75 Å². The Labute approximate surface area is 117 Å². The van der Waals surface area contributed by atoms with Gasteiger partial charge in [-0.3, -0.25) is 0 Å². The second-order valence-electron chi connectivity index (χ2n) is 4.78. The highest BCUT2D eigenvalue weighted by atomic mass is 19.3. The molecular formula is C14H19F2NO3. The van der Waals surface area contributed by atoms with Gasteiger partial charge in [0.1, 0.15) is 11.4 Å². The smallest absolute Gasteiger partial charge is 0.387 e. The van der Waals surface area contributed by atoms with Crippen LogP contribution in [0.2, 0.25) is 0 Å². The molecule has 1 aliphatic heterocycles. The molecular weight excluding hydrogens is 268 g/mol. The highest BCUT2D eigenvalue weighted by Gasteiger charge is 2.34.